The molecule has 17 heavy (non-hydrogen) atoms. The van der Waals surface area contributed by atoms with Crippen LogP contribution in [0, 0.1) is 0 Å². The normalized spacial score (nSPS) is 16.3. The second kappa shape index (κ2) is 4.67. The summed E-state index contributed by atoms with van der Waals surface area (Å²) in [4.78, 5) is 28.7. The van der Waals surface area contributed by atoms with Gasteiger partial charge in [-0.25, -0.2) is 4.79 Å². The van der Waals surface area contributed by atoms with Crippen LogP contribution in [-0.4, -0.2) is 27.7 Å². The van der Waals surface area contributed by atoms with E-state index in [-0.39, 0.29) is 12.3 Å². The zero-order chi connectivity index (χ0) is 12.4. The average Bonchev–Trinajstić information content (AvgIpc) is 2.26. The number of hydrogen-bond donors (Lipinski definition) is 2. The van der Waals surface area contributed by atoms with Gasteiger partial charge in [-0.1, -0.05) is 6.92 Å². The van der Waals surface area contributed by atoms with Gasteiger partial charge in [0.15, 0.2) is 0 Å². The zero-order valence-electron chi connectivity index (χ0n) is 9.52. The van der Waals surface area contributed by atoms with Gasteiger partial charge in [0, 0.05) is 23.6 Å². The minimum atomic E-state index is -0.898. The monoisotopic (exact) mass is 238 g/mol. The first-order valence-corrected chi connectivity index (χ1v) is 5.49. The number of H-pyrrole nitrogens is 1. The van der Waals surface area contributed by atoms with Crippen LogP contribution in [0.2, 0.25) is 0 Å². The van der Waals surface area contributed by atoms with Gasteiger partial charge in [-0.15, -0.1) is 0 Å². The largest absolute Gasteiger partial charge is 0.481 e. The number of ether oxygens (including phenoxy) is 1. The molecule has 1 aliphatic rings. The molecule has 0 radical (unpaired) electrons. The lowest BCUT2D eigenvalue weighted by molar-refractivity contribution is -0.137. The smallest absolute Gasteiger partial charge is 0.345 e. The number of aliphatic carboxylic acids is 1. The van der Waals surface area contributed by atoms with Crippen LogP contribution in [0.25, 0.3) is 0 Å². The van der Waals surface area contributed by atoms with Gasteiger partial charge in [-0.05, 0) is 0 Å². The van der Waals surface area contributed by atoms with Crippen molar-refractivity contribution in [3.8, 4) is 0 Å². The standard InChI is InChI=1S/C11H14N2O4/c1-6(4-9(14)15)10-7-5-17-3-2-8(7)12-11(16)13-10/h6H,2-5H2,1H3,(H,14,15)(H,12,13,16). The second-order valence-corrected chi connectivity index (χ2v) is 4.19. The van der Waals surface area contributed by atoms with Gasteiger partial charge >= 0.3 is 11.7 Å². The summed E-state index contributed by atoms with van der Waals surface area (Å²) < 4.78 is 5.32. The van der Waals surface area contributed by atoms with Crippen LogP contribution in [0.5, 0.6) is 0 Å². The number of nitrogens with one attached hydrogen (secondary N) is 1. The van der Waals surface area contributed by atoms with Gasteiger partial charge in [-0.2, -0.15) is 4.98 Å². The maximum atomic E-state index is 11.4. The molecule has 2 heterocycles. The lowest BCUT2D eigenvalue weighted by Crippen LogP contribution is -2.25. The van der Waals surface area contributed by atoms with Crippen molar-refractivity contribution in [2.45, 2.75) is 32.3 Å². The molecule has 0 spiro atoms. The van der Waals surface area contributed by atoms with Crippen molar-refractivity contribution in [1.82, 2.24) is 9.97 Å². The summed E-state index contributed by atoms with van der Waals surface area (Å²) in [7, 11) is 0. The van der Waals surface area contributed by atoms with E-state index in [2.05, 4.69) is 9.97 Å². The van der Waals surface area contributed by atoms with E-state index < -0.39 is 11.7 Å². The molecule has 2 rings (SSSR count). The van der Waals surface area contributed by atoms with Gasteiger partial charge in [0.25, 0.3) is 0 Å². The Kier molecular flexibility index (Phi) is 3.23. The average molecular weight is 238 g/mol. The Morgan fingerprint density at radius 1 is 1.65 bits per heavy atom. The quantitative estimate of drug-likeness (QED) is 0.796. The third-order valence-electron chi connectivity index (χ3n) is 2.84. The molecule has 0 aromatic carbocycles. The fourth-order valence-electron chi connectivity index (χ4n) is 2.05. The lowest BCUT2D eigenvalue weighted by Gasteiger charge is -2.20. The van der Waals surface area contributed by atoms with Crippen molar-refractivity contribution in [3.63, 3.8) is 0 Å². The number of carbonyl (C=O) groups is 1. The highest BCUT2D eigenvalue weighted by Gasteiger charge is 2.21. The third kappa shape index (κ3) is 2.52. The van der Waals surface area contributed by atoms with Crippen molar-refractivity contribution >= 4 is 5.97 Å². The number of aromatic nitrogens is 2. The van der Waals surface area contributed by atoms with Crippen LogP contribution in [0.3, 0.4) is 0 Å². The van der Waals surface area contributed by atoms with Gasteiger partial charge < -0.3 is 14.8 Å². The van der Waals surface area contributed by atoms with Crippen molar-refractivity contribution < 1.29 is 14.6 Å². The Balaban J connectivity index is 2.41. The van der Waals surface area contributed by atoms with Gasteiger partial charge in [0.05, 0.1) is 25.3 Å². The van der Waals surface area contributed by atoms with Gasteiger partial charge in [0.1, 0.15) is 0 Å². The summed E-state index contributed by atoms with van der Waals surface area (Å²) in [6.45, 7) is 2.71. The number of carboxylic acids is 1. The predicted octanol–water partition coefficient (Wildman–Crippen LogP) is 0.421. The van der Waals surface area contributed by atoms with E-state index in [0.29, 0.717) is 25.3 Å². The molecule has 6 heteroatoms. The fourth-order valence-corrected chi connectivity index (χ4v) is 2.05. The first-order chi connectivity index (χ1) is 8.08. The highest BCUT2D eigenvalue weighted by atomic mass is 16.5. The van der Waals surface area contributed by atoms with E-state index in [1.54, 1.807) is 6.92 Å². The van der Waals surface area contributed by atoms with E-state index in [1.165, 1.54) is 0 Å². The lowest BCUT2D eigenvalue weighted by atomic mass is 9.96. The van der Waals surface area contributed by atoms with Crippen molar-refractivity contribution in [2.75, 3.05) is 6.61 Å². The second-order valence-electron chi connectivity index (χ2n) is 4.19. The van der Waals surface area contributed by atoms with Crippen LogP contribution in [0.15, 0.2) is 4.79 Å². The van der Waals surface area contributed by atoms with E-state index in [9.17, 15) is 9.59 Å². The Labute approximate surface area is 97.7 Å². The number of carboxylic acid groups (broad SMARTS) is 1. The van der Waals surface area contributed by atoms with E-state index in [1.807, 2.05) is 0 Å². The number of fused-ring (bicyclic) bond motifs is 1. The highest BCUT2D eigenvalue weighted by molar-refractivity contribution is 5.67. The minimum Gasteiger partial charge on any atom is -0.481 e. The Morgan fingerprint density at radius 3 is 3.12 bits per heavy atom. The topological polar surface area (TPSA) is 92.3 Å². The first kappa shape index (κ1) is 11.8. The van der Waals surface area contributed by atoms with Crippen molar-refractivity contribution in [3.05, 3.63) is 27.4 Å². The molecule has 0 aliphatic carbocycles. The van der Waals surface area contributed by atoms with Crippen LogP contribution in [0.1, 0.15) is 36.2 Å². The summed E-state index contributed by atoms with van der Waals surface area (Å²) in [6, 6.07) is 0. The molecule has 1 aromatic heterocycles. The summed E-state index contributed by atoms with van der Waals surface area (Å²) >= 11 is 0. The van der Waals surface area contributed by atoms with Crippen molar-refractivity contribution in [1.29, 1.82) is 0 Å². The van der Waals surface area contributed by atoms with Crippen LogP contribution in [0.4, 0.5) is 0 Å². The summed E-state index contributed by atoms with van der Waals surface area (Å²) in [5.74, 6) is -1.18. The summed E-state index contributed by atoms with van der Waals surface area (Å²) in [5, 5.41) is 8.77. The Morgan fingerprint density at radius 2 is 2.41 bits per heavy atom. The predicted molar refractivity (Wildman–Crippen MR) is 58.9 cm³/mol. The molecular weight excluding hydrogens is 224 g/mol. The van der Waals surface area contributed by atoms with Crippen LogP contribution in [-0.2, 0) is 22.6 Å². The number of aromatic amines is 1. The van der Waals surface area contributed by atoms with Crippen LogP contribution < -0.4 is 5.69 Å². The molecule has 1 atom stereocenters. The molecular formula is C11H14N2O4. The number of rotatable bonds is 3. The van der Waals surface area contributed by atoms with E-state index >= 15 is 0 Å². The summed E-state index contributed by atoms with van der Waals surface area (Å²) in [5.41, 5.74) is 1.79. The molecule has 1 aliphatic heterocycles. The van der Waals surface area contributed by atoms with E-state index in [4.69, 9.17) is 9.84 Å². The molecule has 0 amide bonds. The molecule has 0 saturated carbocycles. The van der Waals surface area contributed by atoms with Gasteiger partial charge in [0.2, 0.25) is 0 Å². The Hall–Kier alpha value is -1.69. The molecule has 6 nitrogen and oxygen atoms in total. The van der Waals surface area contributed by atoms with Crippen LogP contribution >= 0.6 is 0 Å². The van der Waals surface area contributed by atoms with Gasteiger partial charge in [-0.3, -0.25) is 4.79 Å². The van der Waals surface area contributed by atoms with Crippen molar-refractivity contribution in [2.24, 2.45) is 0 Å². The molecule has 0 saturated heterocycles. The molecule has 1 aromatic rings. The molecule has 0 fully saturated rings. The maximum Gasteiger partial charge on any atom is 0.345 e. The zero-order valence-corrected chi connectivity index (χ0v) is 9.52. The number of nitrogens with zero attached hydrogens (tertiary/aromatic N) is 1. The first-order valence-electron chi connectivity index (χ1n) is 5.49. The molecule has 0 bridgehead atoms. The maximum absolute atomic E-state index is 11.4. The molecule has 92 valence electrons. The third-order valence-corrected chi connectivity index (χ3v) is 2.84. The molecule has 1 unspecified atom stereocenters. The highest BCUT2D eigenvalue weighted by Crippen LogP contribution is 2.24. The van der Waals surface area contributed by atoms with E-state index in [0.717, 1.165) is 11.3 Å². The summed E-state index contributed by atoms with van der Waals surface area (Å²) in [6.07, 6.45) is 0.600. The Bertz CT molecular complexity index is 495. The minimum absolute atomic E-state index is 0.0388. The SMILES string of the molecule is CC(CC(=O)O)c1nc(=O)[nH]c2c1COCC2. The number of hydrogen-bond acceptors (Lipinski definition) is 4. The fraction of sp³-hybridized carbons (Fsp3) is 0.545. The molecule has 2 N–H and O–H groups in total.